The van der Waals surface area contributed by atoms with Gasteiger partial charge in [0.05, 0.1) is 22.2 Å². The molecule has 1 aromatic carbocycles. The Bertz CT molecular complexity index is 1330. The standard InChI is InChI=1S/C18H17BrN6O4S2/c19-16-5-6-17(30-16)31(28,29)21-9-12-10-25(24-22-12)15(18(26)23-27)7-11-8-20-14-4-2-1-3-13(11)14/h1-6,8,10,15,20-21,27H,7,9H2,(H,23,26). The number of carbonyl (C=O) groups excluding carboxylic acids is 1. The number of amides is 1. The monoisotopic (exact) mass is 524 g/mol. The third-order valence-corrected chi connectivity index (χ3v) is 8.15. The number of thiophene rings is 1. The zero-order valence-electron chi connectivity index (χ0n) is 15.8. The first-order valence-electron chi connectivity index (χ1n) is 9.02. The van der Waals surface area contributed by atoms with Gasteiger partial charge in [0, 0.05) is 23.5 Å². The first-order chi connectivity index (χ1) is 14.9. The van der Waals surface area contributed by atoms with Crippen LogP contribution in [0, 0.1) is 0 Å². The summed E-state index contributed by atoms with van der Waals surface area (Å²) in [4.78, 5) is 15.5. The maximum Gasteiger partial charge on any atom is 0.268 e. The number of fused-ring (bicyclic) bond motifs is 1. The van der Waals surface area contributed by atoms with Crippen LogP contribution in [0.25, 0.3) is 10.9 Å². The molecule has 1 atom stereocenters. The average molecular weight is 525 g/mol. The lowest BCUT2D eigenvalue weighted by Crippen LogP contribution is -2.32. The quantitative estimate of drug-likeness (QED) is 0.206. The third kappa shape index (κ3) is 4.70. The highest BCUT2D eigenvalue weighted by molar-refractivity contribution is 9.11. The van der Waals surface area contributed by atoms with Gasteiger partial charge in [-0.3, -0.25) is 10.0 Å². The van der Waals surface area contributed by atoms with Crippen molar-refractivity contribution in [2.75, 3.05) is 0 Å². The van der Waals surface area contributed by atoms with Crippen molar-refractivity contribution < 1.29 is 18.4 Å². The number of halogens is 1. The number of hydrogen-bond donors (Lipinski definition) is 4. The zero-order valence-corrected chi connectivity index (χ0v) is 19.0. The number of aromatic nitrogens is 4. The molecule has 4 N–H and O–H groups in total. The predicted molar refractivity (Wildman–Crippen MR) is 117 cm³/mol. The molecule has 0 aliphatic carbocycles. The second kappa shape index (κ2) is 8.88. The number of aromatic amines is 1. The lowest BCUT2D eigenvalue weighted by molar-refractivity contribution is -0.133. The van der Waals surface area contributed by atoms with E-state index >= 15 is 0 Å². The van der Waals surface area contributed by atoms with E-state index in [1.165, 1.54) is 16.9 Å². The first-order valence-corrected chi connectivity index (χ1v) is 12.1. The van der Waals surface area contributed by atoms with Crippen molar-refractivity contribution in [2.45, 2.75) is 23.2 Å². The molecule has 1 amide bonds. The molecule has 0 bridgehead atoms. The van der Waals surface area contributed by atoms with Crippen LogP contribution in [-0.2, 0) is 27.8 Å². The zero-order chi connectivity index (χ0) is 22.0. The fraction of sp³-hybridized carbons (Fsp3) is 0.167. The Labute approximate surface area is 189 Å². The molecule has 4 aromatic rings. The fourth-order valence-electron chi connectivity index (χ4n) is 3.12. The number of rotatable bonds is 8. The second-order valence-corrected chi connectivity index (χ2v) is 11.1. The molecule has 3 heterocycles. The Balaban J connectivity index is 1.52. The number of nitrogens with one attached hydrogen (secondary N) is 3. The Morgan fingerprint density at radius 1 is 1.29 bits per heavy atom. The van der Waals surface area contributed by atoms with Gasteiger partial charge in [0.2, 0.25) is 10.0 Å². The van der Waals surface area contributed by atoms with Crippen molar-refractivity contribution in [2.24, 2.45) is 0 Å². The smallest absolute Gasteiger partial charge is 0.268 e. The van der Waals surface area contributed by atoms with Crippen molar-refractivity contribution in [1.29, 1.82) is 0 Å². The number of H-pyrrole nitrogens is 1. The molecule has 10 nitrogen and oxygen atoms in total. The summed E-state index contributed by atoms with van der Waals surface area (Å²) in [6.07, 6.45) is 3.52. The van der Waals surface area contributed by atoms with Crippen molar-refractivity contribution in [1.82, 2.24) is 30.2 Å². The minimum absolute atomic E-state index is 0.0988. The van der Waals surface area contributed by atoms with Gasteiger partial charge in [-0.2, -0.15) is 0 Å². The average Bonchev–Trinajstić information content (AvgIpc) is 3.50. The van der Waals surface area contributed by atoms with Crippen LogP contribution in [0.4, 0.5) is 0 Å². The van der Waals surface area contributed by atoms with Crippen molar-refractivity contribution in [3.05, 3.63) is 63.8 Å². The number of benzene rings is 1. The third-order valence-electron chi connectivity index (χ3n) is 4.63. The molecule has 31 heavy (non-hydrogen) atoms. The van der Waals surface area contributed by atoms with Gasteiger partial charge in [-0.15, -0.1) is 16.4 Å². The van der Waals surface area contributed by atoms with Crippen LogP contribution in [-0.4, -0.2) is 39.5 Å². The molecule has 0 radical (unpaired) electrons. The molecule has 1 unspecified atom stereocenters. The lowest BCUT2D eigenvalue weighted by atomic mass is 10.0. The maximum absolute atomic E-state index is 12.4. The van der Waals surface area contributed by atoms with Gasteiger partial charge in [0.25, 0.3) is 5.91 Å². The molecule has 0 fully saturated rings. The predicted octanol–water partition coefficient (Wildman–Crippen LogP) is 2.35. The van der Waals surface area contributed by atoms with Crippen molar-refractivity contribution in [3.8, 4) is 0 Å². The summed E-state index contributed by atoms with van der Waals surface area (Å²) >= 11 is 4.33. The Hall–Kier alpha value is -2.58. The highest BCUT2D eigenvalue weighted by Crippen LogP contribution is 2.26. The van der Waals surface area contributed by atoms with E-state index in [1.807, 2.05) is 24.3 Å². The highest BCUT2D eigenvalue weighted by atomic mass is 79.9. The Morgan fingerprint density at radius 2 is 2.10 bits per heavy atom. The van der Waals surface area contributed by atoms with Crippen LogP contribution in [0.3, 0.4) is 0 Å². The number of hydrogen-bond acceptors (Lipinski definition) is 7. The first kappa shape index (κ1) is 21.6. The topological polar surface area (TPSA) is 142 Å². The molecule has 3 aromatic heterocycles. The van der Waals surface area contributed by atoms with E-state index in [-0.39, 0.29) is 17.2 Å². The van der Waals surface area contributed by atoms with Crippen molar-refractivity contribution >= 4 is 54.1 Å². The van der Waals surface area contributed by atoms with E-state index in [4.69, 9.17) is 0 Å². The van der Waals surface area contributed by atoms with Gasteiger partial charge < -0.3 is 4.98 Å². The lowest BCUT2D eigenvalue weighted by Gasteiger charge is -2.14. The maximum atomic E-state index is 12.4. The van der Waals surface area contributed by atoms with Crippen LogP contribution < -0.4 is 10.2 Å². The van der Waals surface area contributed by atoms with E-state index in [0.717, 1.165) is 27.8 Å². The number of carbonyl (C=O) groups is 1. The van der Waals surface area contributed by atoms with E-state index in [2.05, 4.69) is 35.9 Å². The van der Waals surface area contributed by atoms with E-state index < -0.39 is 22.0 Å². The second-order valence-electron chi connectivity index (χ2n) is 6.63. The fourth-order valence-corrected chi connectivity index (χ4v) is 6.17. The number of para-hydroxylation sites is 1. The molecule has 0 saturated heterocycles. The molecule has 0 aliphatic rings. The number of hydroxylamine groups is 1. The van der Waals surface area contributed by atoms with Gasteiger partial charge in [-0.1, -0.05) is 23.4 Å². The van der Waals surface area contributed by atoms with Crippen molar-refractivity contribution in [3.63, 3.8) is 0 Å². The normalized spacial score (nSPS) is 12.8. The van der Waals surface area contributed by atoms with Crippen LogP contribution in [0.2, 0.25) is 0 Å². The number of nitrogens with zero attached hydrogens (tertiary/aromatic N) is 3. The summed E-state index contributed by atoms with van der Waals surface area (Å²) in [7, 11) is -3.70. The minimum Gasteiger partial charge on any atom is -0.361 e. The molecule has 13 heteroatoms. The van der Waals surface area contributed by atoms with E-state index in [1.54, 1.807) is 17.7 Å². The summed E-state index contributed by atoms with van der Waals surface area (Å²) in [5.74, 6) is -0.661. The van der Waals surface area contributed by atoms with Gasteiger partial charge in [-0.25, -0.2) is 23.3 Å². The molecular weight excluding hydrogens is 508 g/mol. The summed E-state index contributed by atoms with van der Waals surface area (Å²) in [5, 5.41) is 18.1. The summed E-state index contributed by atoms with van der Waals surface area (Å²) in [6, 6.07) is 9.92. The van der Waals surface area contributed by atoms with Gasteiger partial charge in [0.15, 0.2) is 0 Å². The van der Waals surface area contributed by atoms with E-state index in [0.29, 0.717) is 9.48 Å². The highest BCUT2D eigenvalue weighted by Gasteiger charge is 2.24. The van der Waals surface area contributed by atoms with Gasteiger partial charge in [0.1, 0.15) is 10.3 Å². The molecule has 0 saturated carbocycles. The van der Waals surface area contributed by atoms with Crippen LogP contribution in [0.15, 0.2) is 56.8 Å². The summed E-state index contributed by atoms with van der Waals surface area (Å²) in [5.41, 5.74) is 3.78. The van der Waals surface area contributed by atoms with Crippen LogP contribution in [0.1, 0.15) is 17.3 Å². The SMILES string of the molecule is O=C(NO)C(Cc1c[nH]c2ccccc12)n1cc(CNS(=O)(=O)c2ccc(Br)s2)nn1. The van der Waals surface area contributed by atoms with Gasteiger partial charge >= 0.3 is 0 Å². The Kier molecular flexibility index (Phi) is 6.20. The summed E-state index contributed by atoms with van der Waals surface area (Å²) < 4.78 is 29.4. The molecule has 0 spiro atoms. The number of sulfonamides is 1. The largest absolute Gasteiger partial charge is 0.361 e. The molecular formula is C18H17BrN6O4S2. The van der Waals surface area contributed by atoms with Crippen LogP contribution >= 0.6 is 27.3 Å². The van der Waals surface area contributed by atoms with Crippen LogP contribution in [0.5, 0.6) is 0 Å². The van der Waals surface area contributed by atoms with Gasteiger partial charge in [-0.05, 0) is 39.7 Å². The van der Waals surface area contributed by atoms with E-state index in [9.17, 15) is 18.4 Å². The molecule has 4 rings (SSSR count). The summed E-state index contributed by atoms with van der Waals surface area (Å²) in [6.45, 7) is -0.0988. The molecule has 0 aliphatic heterocycles. The minimum atomic E-state index is -3.70. The molecule has 162 valence electrons. The Morgan fingerprint density at radius 3 is 2.84 bits per heavy atom.